The molecule has 3 atom stereocenters. The third-order valence-corrected chi connectivity index (χ3v) is 3.24. The molecule has 0 aliphatic rings. The van der Waals surface area contributed by atoms with Crippen LogP contribution < -0.4 is 22.9 Å². The summed E-state index contributed by atoms with van der Waals surface area (Å²) in [4.78, 5) is 30.0. The smallest absolute Gasteiger partial charge is 0.321 e. The SMILES string of the molecule is CC(C)C[C@H](N)C(=O)O.NCCCC[C@H](N)C(=O)O.N[C@@H](CS)C(=O)O. The van der Waals surface area contributed by atoms with Crippen LogP contribution in [0.3, 0.4) is 0 Å². The summed E-state index contributed by atoms with van der Waals surface area (Å²) in [6.07, 6.45) is 2.72. The first kappa shape index (κ1) is 29.4. The van der Waals surface area contributed by atoms with Crippen LogP contribution in [0.15, 0.2) is 0 Å². The first-order valence-corrected chi connectivity index (χ1v) is 8.79. The van der Waals surface area contributed by atoms with E-state index in [1.807, 2.05) is 13.8 Å². The second-order valence-corrected chi connectivity index (χ2v) is 6.30. The first-order chi connectivity index (χ1) is 11.9. The van der Waals surface area contributed by atoms with E-state index in [2.05, 4.69) is 12.6 Å². The minimum Gasteiger partial charge on any atom is -0.480 e. The molecule has 0 aromatic carbocycles. The number of carboxylic acids is 3. The first-order valence-electron chi connectivity index (χ1n) is 8.16. The minimum atomic E-state index is -1.00. The number of rotatable bonds is 10. The molecule has 0 aliphatic heterocycles. The summed E-state index contributed by atoms with van der Waals surface area (Å²) < 4.78 is 0. The Kier molecular flexibility index (Phi) is 20.8. The highest BCUT2D eigenvalue weighted by atomic mass is 32.1. The lowest BCUT2D eigenvalue weighted by Crippen LogP contribution is -2.31. The predicted molar refractivity (Wildman–Crippen MR) is 103 cm³/mol. The van der Waals surface area contributed by atoms with Gasteiger partial charge in [-0.05, 0) is 31.7 Å². The molecule has 10 nitrogen and oxygen atoms in total. The highest BCUT2D eigenvalue weighted by Crippen LogP contribution is 2.01. The van der Waals surface area contributed by atoms with Crippen LogP contribution in [-0.4, -0.2) is 63.7 Å². The third-order valence-electron chi connectivity index (χ3n) is 2.84. The number of aliphatic carboxylic acids is 3. The molecular formula is C15H34N4O6S. The second kappa shape index (κ2) is 18.4. The lowest BCUT2D eigenvalue weighted by molar-refractivity contribution is -0.139. The monoisotopic (exact) mass is 398 g/mol. The van der Waals surface area contributed by atoms with Gasteiger partial charge in [0.1, 0.15) is 18.1 Å². The fourth-order valence-electron chi connectivity index (χ4n) is 1.32. The van der Waals surface area contributed by atoms with E-state index in [1.165, 1.54) is 0 Å². The summed E-state index contributed by atoms with van der Waals surface area (Å²) in [5.74, 6) is -2.30. The molecule has 11 heteroatoms. The van der Waals surface area contributed by atoms with E-state index in [0.717, 1.165) is 12.8 Å². The number of carboxylic acid groups (broad SMARTS) is 3. The molecule has 0 fully saturated rings. The predicted octanol–water partition coefficient (Wildman–Crippen LogP) is -0.700. The van der Waals surface area contributed by atoms with Gasteiger partial charge >= 0.3 is 17.9 Å². The molecule has 156 valence electrons. The van der Waals surface area contributed by atoms with E-state index >= 15 is 0 Å². The lowest BCUT2D eigenvalue weighted by Gasteiger charge is -2.07. The molecule has 0 radical (unpaired) electrons. The van der Waals surface area contributed by atoms with Crippen LogP contribution in [0.1, 0.15) is 39.5 Å². The Hall–Kier alpha value is -1.40. The molecule has 11 N–H and O–H groups in total. The van der Waals surface area contributed by atoms with E-state index in [0.29, 0.717) is 25.3 Å². The molecule has 0 bridgehead atoms. The molecule has 0 saturated heterocycles. The van der Waals surface area contributed by atoms with Gasteiger partial charge in [0.25, 0.3) is 0 Å². The van der Waals surface area contributed by atoms with Gasteiger partial charge in [0.2, 0.25) is 0 Å². The summed E-state index contributed by atoms with van der Waals surface area (Å²) >= 11 is 3.65. The van der Waals surface area contributed by atoms with E-state index in [9.17, 15) is 14.4 Å². The molecule has 0 aromatic rings. The van der Waals surface area contributed by atoms with Crippen molar-refractivity contribution in [3.05, 3.63) is 0 Å². The van der Waals surface area contributed by atoms with Crippen molar-refractivity contribution in [2.75, 3.05) is 12.3 Å². The van der Waals surface area contributed by atoms with Crippen LogP contribution in [-0.2, 0) is 14.4 Å². The number of nitrogens with two attached hydrogens (primary N) is 4. The van der Waals surface area contributed by atoms with Gasteiger partial charge < -0.3 is 38.3 Å². The van der Waals surface area contributed by atoms with Crippen LogP contribution in [0.2, 0.25) is 0 Å². The van der Waals surface area contributed by atoms with Crippen molar-refractivity contribution < 1.29 is 29.7 Å². The van der Waals surface area contributed by atoms with Gasteiger partial charge in [0.15, 0.2) is 0 Å². The highest BCUT2D eigenvalue weighted by molar-refractivity contribution is 7.80. The maximum atomic E-state index is 10.1. The zero-order valence-corrected chi connectivity index (χ0v) is 16.3. The van der Waals surface area contributed by atoms with Gasteiger partial charge in [0, 0.05) is 5.75 Å². The van der Waals surface area contributed by atoms with E-state index in [4.69, 9.17) is 38.3 Å². The van der Waals surface area contributed by atoms with Crippen LogP contribution in [0.5, 0.6) is 0 Å². The standard InChI is InChI=1S/C6H14N2O2.C6H13NO2.C3H7NO2S/c7-4-2-1-3-5(8)6(9)10;1-4(2)3-5(7)6(8)9;4-2(1-7)3(5)6/h5H,1-4,7-8H2,(H,9,10);4-5H,3,7H2,1-2H3,(H,8,9);2,7H,1,4H2,(H,5,6)/t2*5-;2-/m000/s1. The van der Waals surface area contributed by atoms with Crippen molar-refractivity contribution in [2.45, 2.75) is 57.7 Å². The summed E-state index contributed by atoms with van der Waals surface area (Å²) in [5, 5.41) is 24.6. The Morgan fingerprint density at radius 3 is 1.46 bits per heavy atom. The Balaban J connectivity index is -0.000000310. The Bertz CT molecular complexity index is 398. The third kappa shape index (κ3) is 22.6. The lowest BCUT2D eigenvalue weighted by atomic mass is 10.1. The Morgan fingerprint density at radius 2 is 1.27 bits per heavy atom. The van der Waals surface area contributed by atoms with Crippen molar-refractivity contribution in [1.82, 2.24) is 0 Å². The van der Waals surface area contributed by atoms with Crippen LogP contribution in [0.4, 0.5) is 0 Å². The summed E-state index contributed by atoms with van der Waals surface area (Å²) in [6.45, 7) is 4.50. The summed E-state index contributed by atoms with van der Waals surface area (Å²) in [6, 6.07) is -2.22. The molecule has 0 aromatic heterocycles. The second-order valence-electron chi connectivity index (χ2n) is 5.93. The zero-order valence-electron chi connectivity index (χ0n) is 15.4. The normalized spacial score (nSPS) is 13.4. The van der Waals surface area contributed by atoms with E-state index in [1.54, 1.807) is 0 Å². The van der Waals surface area contributed by atoms with Gasteiger partial charge in [0.05, 0.1) is 0 Å². The topological polar surface area (TPSA) is 216 Å². The van der Waals surface area contributed by atoms with E-state index in [-0.39, 0.29) is 5.75 Å². The summed E-state index contributed by atoms with van der Waals surface area (Å²) in [7, 11) is 0. The largest absolute Gasteiger partial charge is 0.480 e. The number of hydrogen-bond donors (Lipinski definition) is 8. The van der Waals surface area contributed by atoms with Crippen molar-refractivity contribution >= 4 is 30.5 Å². The molecule has 0 saturated carbocycles. The van der Waals surface area contributed by atoms with Gasteiger partial charge in [-0.2, -0.15) is 12.6 Å². The minimum absolute atomic E-state index is 0.190. The molecule has 0 aliphatic carbocycles. The molecule has 26 heavy (non-hydrogen) atoms. The molecule has 0 heterocycles. The molecule has 0 amide bonds. The number of hydrogen-bond acceptors (Lipinski definition) is 8. The average Bonchev–Trinajstić information content (AvgIpc) is 2.54. The van der Waals surface area contributed by atoms with E-state index < -0.39 is 36.0 Å². The maximum Gasteiger partial charge on any atom is 0.321 e. The number of unbranched alkanes of at least 4 members (excludes halogenated alkanes) is 1. The fourth-order valence-corrected chi connectivity index (χ4v) is 1.48. The molecule has 0 spiro atoms. The maximum absolute atomic E-state index is 10.1. The fraction of sp³-hybridized carbons (Fsp3) is 0.800. The van der Waals surface area contributed by atoms with Crippen molar-refractivity contribution in [1.29, 1.82) is 0 Å². The van der Waals surface area contributed by atoms with Gasteiger partial charge in [-0.3, -0.25) is 14.4 Å². The van der Waals surface area contributed by atoms with Gasteiger partial charge in [-0.1, -0.05) is 20.3 Å². The number of thiol groups is 1. The van der Waals surface area contributed by atoms with Crippen LogP contribution in [0.25, 0.3) is 0 Å². The zero-order chi connectivity index (χ0) is 21.3. The van der Waals surface area contributed by atoms with Crippen molar-refractivity contribution in [2.24, 2.45) is 28.9 Å². The Labute approximate surface area is 159 Å². The highest BCUT2D eigenvalue weighted by Gasteiger charge is 2.12. The average molecular weight is 399 g/mol. The molecular weight excluding hydrogens is 364 g/mol. The molecule has 0 unspecified atom stereocenters. The quantitative estimate of drug-likeness (QED) is 0.171. The van der Waals surface area contributed by atoms with Gasteiger partial charge in [-0.15, -0.1) is 0 Å². The van der Waals surface area contributed by atoms with Gasteiger partial charge in [-0.25, -0.2) is 0 Å². The Morgan fingerprint density at radius 1 is 0.846 bits per heavy atom. The van der Waals surface area contributed by atoms with Crippen LogP contribution >= 0.6 is 12.6 Å². The number of carbonyl (C=O) groups is 3. The van der Waals surface area contributed by atoms with Crippen molar-refractivity contribution in [3.8, 4) is 0 Å². The molecule has 0 rings (SSSR count). The van der Waals surface area contributed by atoms with Crippen molar-refractivity contribution in [3.63, 3.8) is 0 Å². The van der Waals surface area contributed by atoms with Crippen LogP contribution in [0, 0.1) is 5.92 Å². The summed E-state index contributed by atoms with van der Waals surface area (Å²) in [5.41, 5.74) is 20.6.